The number of aliphatic hydroxyl groups excluding tert-OH is 1. The van der Waals surface area contributed by atoms with Crippen molar-refractivity contribution in [1.82, 2.24) is 10.2 Å². The van der Waals surface area contributed by atoms with Gasteiger partial charge < -0.3 is 26.0 Å². The largest absolute Gasteiger partial charge is 0.396 e. The summed E-state index contributed by atoms with van der Waals surface area (Å²) in [6, 6.07) is 7.84. The van der Waals surface area contributed by atoms with Crippen LogP contribution in [-0.2, 0) is 4.79 Å². The number of anilines is 2. The van der Waals surface area contributed by atoms with Crippen LogP contribution in [0.1, 0.15) is 59.3 Å². The molecule has 1 aromatic carbocycles. The molecule has 1 aromatic rings. The highest BCUT2D eigenvalue weighted by atomic mass is 16.3. The summed E-state index contributed by atoms with van der Waals surface area (Å²) >= 11 is 0. The number of amides is 1. The van der Waals surface area contributed by atoms with Crippen LogP contribution in [0.3, 0.4) is 0 Å². The van der Waals surface area contributed by atoms with E-state index in [1.54, 1.807) is 0 Å². The molecule has 1 atom stereocenters. The van der Waals surface area contributed by atoms with Crippen LogP contribution < -0.4 is 16.0 Å². The molecular weight excluding hydrogens is 438 g/mol. The Morgan fingerprint density at radius 2 is 1.97 bits per heavy atom. The van der Waals surface area contributed by atoms with Crippen LogP contribution in [0.2, 0.25) is 0 Å². The first-order valence-electron chi connectivity index (χ1n) is 12.6. The zero-order valence-electron chi connectivity index (χ0n) is 21.2. The third kappa shape index (κ3) is 7.33. The number of hydrogen-bond acceptors (Lipinski definition) is 6. The minimum atomic E-state index is -0.237. The molecule has 0 spiro atoms. The molecule has 0 aliphatic carbocycles. The molecule has 1 amide bonds. The number of aliphatic imine (C=N–C) groups is 1. The molecule has 0 bridgehead atoms. The van der Waals surface area contributed by atoms with Crippen molar-refractivity contribution >= 4 is 23.1 Å². The number of carbonyl (C=O) groups is 1. The number of aliphatic hydroxyl groups is 1. The zero-order chi connectivity index (χ0) is 25.2. The van der Waals surface area contributed by atoms with Crippen LogP contribution in [0.25, 0.3) is 0 Å². The number of benzene rings is 1. The van der Waals surface area contributed by atoms with E-state index in [0.717, 1.165) is 67.4 Å². The molecule has 188 valence electrons. The average molecular weight is 478 g/mol. The lowest BCUT2D eigenvalue weighted by atomic mass is 9.99. The Kier molecular flexibility index (Phi) is 9.73. The van der Waals surface area contributed by atoms with E-state index in [4.69, 9.17) is 4.99 Å². The maximum atomic E-state index is 11.6. The molecule has 0 saturated carbocycles. The van der Waals surface area contributed by atoms with Gasteiger partial charge in [-0.3, -0.25) is 4.79 Å². The van der Waals surface area contributed by atoms with Crippen LogP contribution in [0.4, 0.5) is 11.4 Å². The molecule has 0 aromatic heterocycles. The Labute approximate surface area is 209 Å². The normalized spacial score (nSPS) is 19.8. The number of carbonyl (C=O) groups excluding carboxylic acids is 1. The van der Waals surface area contributed by atoms with E-state index in [2.05, 4.69) is 60.4 Å². The van der Waals surface area contributed by atoms with E-state index in [-0.39, 0.29) is 18.6 Å². The lowest BCUT2D eigenvalue weighted by Crippen LogP contribution is -2.45. The highest BCUT2D eigenvalue weighted by molar-refractivity contribution is 5.99. The molecule has 2 aliphatic rings. The number of hydrogen-bond donors (Lipinski definition) is 4. The van der Waals surface area contributed by atoms with Gasteiger partial charge in [-0.2, -0.15) is 0 Å². The molecule has 7 nitrogen and oxygen atoms in total. The summed E-state index contributed by atoms with van der Waals surface area (Å²) in [7, 11) is 0. The Hall–Kier alpha value is -3.32. The van der Waals surface area contributed by atoms with Crippen LogP contribution in [0.15, 0.2) is 76.9 Å². The smallest absolute Gasteiger partial charge is 0.247 e. The minimum Gasteiger partial charge on any atom is -0.396 e. The molecule has 0 unspecified atom stereocenters. The Bertz CT molecular complexity index is 1020. The fraction of sp³-hybridized carbons (Fsp3) is 0.429. The number of piperidine rings is 1. The minimum absolute atomic E-state index is 0.178. The molecular formula is C28H39N5O2. The number of rotatable bonds is 9. The average Bonchev–Trinajstić information content (AvgIpc) is 2.88. The van der Waals surface area contributed by atoms with Gasteiger partial charge in [0.05, 0.1) is 0 Å². The second kappa shape index (κ2) is 13.0. The lowest BCUT2D eigenvalue weighted by molar-refractivity contribution is -0.111. The van der Waals surface area contributed by atoms with E-state index in [0.29, 0.717) is 5.69 Å². The Morgan fingerprint density at radius 1 is 1.23 bits per heavy atom. The Balaban J connectivity index is 1.93. The van der Waals surface area contributed by atoms with Gasteiger partial charge in [0.15, 0.2) is 0 Å². The van der Waals surface area contributed by atoms with Gasteiger partial charge in [0.2, 0.25) is 5.91 Å². The van der Waals surface area contributed by atoms with Gasteiger partial charge in [0.1, 0.15) is 17.5 Å². The topological polar surface area (TPSA) is 89.0 Å². The van der Waals surface area contributed by atoms with Gasteiger partial charge in [-0.1, -0.05) is 32.1 Å². The van der Waals surface area contributed by atoms with Gasteiger partial charge in [-0.15, -0.1) is 0 Å². The first-order chi connectivity index (χ1) is 17.0. The fourth-order valence-electron chi connectivity index (χ4n) is 4.31. The summed E-state index contributed by atoms with van der Waals surface area (Å²) in [5.41, 5.74) is 4.07. The SMILES string of the molecule is C=CC(=O)Nc1ccc(NC2=CC(N3CCCC[C@H]3CCO)=N/C(=C(/C=C(/C)CC)CC)N2)cc1. The lowest BCUT2D eigenvalue weighted by Gasteiger charge is -2.38. The summed E-state index contributed by atoms with van der Waals surface area (Å²) in [4.78, 5) is 19.0. The third-order valence-electron chi connectivity index (χ3n) is 6.42. The van der Waals surface area contributed by atoms with Crippen molar-refractivity contribution in [2.45, 2.75) is 65.3 Å². The van der Waals surface area contributed by atoms with Crippen LogP contribution in [0, 0.1) is 0 Å². The molecule has 1 fully saturated rings. The first-order valence-corrected chi connectivity index (χ1v) is 12.6. The van der Waals surface area contributed by atoms with E-state index >= 15 is 0 Å². The molecule has 0 radical (unpaired) electrons. The zero-order valence-corrected chi connectivity index (χ0v) is 21.2. The molecule has 2 heterocycles. The predicted octanol–water partition coefficient (Wildman–Crippen LogP) is 5.28. The maximum absolute atomic E-state index is 11.6. The number of amidine groups is 1. The summed E-state index contributed by atoms with van der Waals surface area (Å²) < 4.78 is 0. The molecule has 2 aliphatic heterocycles. The van der Waals surface area contributed by atoms with Crippen LogP contribution >= 0.6 is 0 Å². The second-order valence-corrected chi connectivity index (χ2v) is 8.98. The van der Waals surface area contributed by atoms with Crippen molar-refractivity contribution in [2.75, 3.05) is 23.8 Å². The van der Waals surface area contributed by atoms with E-state index in [1.165, 1.54) is 18.1 Å². The summed E-state index contributed by atoms with van der Waals surface area (Å²) in [5, 5.41) is 19.4. The molecule has 1 saturated heterocycles. The number of likely N-dealkylation sites (tertiary alicyclic amines) is 1. The van der Waals surface area contributed by atoms with Crippen molar-refractivity contribution < 1.29 is 9.90 Å². The highest BCUT2D eigenvalue weighted by Crippen LogP contribution is 2.25. The molecule has 3 rings (SSSR count). The van der Waals surface area contributed by atoms with E-state index in [9.17, 15) is 9.90 Å². The van der Waals surface area contributed by atoms with E-state index < -0.39 is 0 Å². The summed E-state index contributed by atoms with van der Waals surface area (Å²) in [6.45, 7) is 11.1. The molecule has 7 heteroatoms. The highest BCUT2D eigenvalue weighted by Gasteiger charge is 2.26. The third-order valence-corrected chi connectivity index (χ3v) is 6.42. The fourth-order valence-corrected chi connectivity index (χ4v) is 4.31. The quantitative estimate of drug-likeness (QED) is 0.363. The molecule has 4 N–H and O–H groups in total. The van der Waals surface area contributed by atoms with Gasteiger partial charge >= 0.3 is 0 Å². The van der Waals surface area contributed by atoms with Crippen LogP contribution in [0.5, 0.6) is 0 Å². The number of allylic oxidation sites excluding steroid dienone is 3. The second-order valence-electron chi connectivity index (χ2n) is 8.98. The predicted molar refractivity (Wildman–Crippen MR) is 145 cm³/mol. The van der Waals surface area contributed by atoms with Gasteiger partial charge in [0.25, 0.3) is 0 Å². The van der Waals surface area contributed by atoms with Gasteiger partial charge in [-0.25, -0.2) is 4.99 Å². The first kappa shape index (κ1) is 26.3. The standard InChI is InChI=1S/C28H39N5O2/c1-5-20(4)18-21(6-2)28-31-25(29-22-11-13-23(14-12-22)30-27(35)7-3)19-26(32-28)33-16-9-8-10-24(33)15-17-34/h7,11-14,18-19,24,29,31,34H,3,5-6,8-10,15-17H2,1-2,4H3,(H,30,35)/b20-18-,28-21+/t24-/m0/s1. The van der Waals surface area contributed by atoms with Crippen molar-refractivity contribution in [1.29, 1.82) is 0 Å². The van der Waals surface area contributed by atoms with Crippen molar-refractivity contribution in [2.24, 2.45) is 4.99 Å². The summed E-state index contributed by atoms with van der Waals surface area (Å²) in [6.07, 6.45) is 11.5. The van der Waals surface area contributed by atoms with Crippen molar-refractivity contribution in [3.8, 4) is 0 Å². The van der Waals surface area contributed by atoms with E-state index in [1.807, 2.05) is 24.3 Å². The Morgan fingerprint density at radius 3 is 2.63 bits per heavy atom. The maximum Gasteiger partial charge on any atom is 0.247 e. The number of nitrogens with one attached hydrogen (secondary N) is 3. The van der Waals surface area contributed by atoms with Crippen molar-refractivity contribution in [3.63, 3.8) is 0 Å². The van der Waals surface area contributed by atoms with Crippen molar-refractivity contribution in [3.05, 3.63) is 71.9 Å². The summed E-state index contributed by atoms with van der Waals surface area (Å²) in [5.74, 6) is 2.38. The monoisotopic (exact) mass is 477 g/mol. The van der Waals surface area contributed by atoms with Crippen LogP contribution in [-0.4, -0.2) is 40.9 Å². The van der Waals surface area contributed by atoms with Gasteiger partial charge in [-0.05, 0) is 81.4 Å². The molecule has 35 heavy (non-hydrogen) atoms. The van der Waals surface area contributed by atoms with Gasteiger partial charge in [0, 0.05) is 36.6 Å². The number of nitrogens with zero attached hydrogens (tertiary/aromatic N) is 2.